The highest BCUT2D eigenvalue weighted by Gasteiger charge is 2.33. The molecule has 8 nitrogen and oxygen atoms in total. The van der Waals surface area contributed by atoms with Crippen LogP contribution in [0.1, 0.15) is 12.5 Å². The van der Waals surface area contributed by atoms with Gasteiger partial charge in [0, 0.05) is 37.9 Å². The van der Waals surface area contributed by atoms with Gasteiger partial charge in [-0.1, -0.05) is 13.0 Å². The number of likely N-dealkylation sites (N-methyl/N-ethyl adjacent to an activating group) is 1. The topological polar surface area (TPSA) is 79.7 Å². The first kappa shape index (κ1) is 24.2. The number of thioether (sulfide) groups is 1. The van der Waals surface area contributed by atoms with Gasteiger partial charge in [0.2, 0.25) is 0 Å². The van der Waals surface area contributed by atoms with E-state index in [4.69, 9.17) is 0 Å². The zero-order valence-corrected chi connectivity index (χ0v) is 20.0. The quantitative estimate of drug-likeness (QED) is 0.503. The maximum Gasteiger partial charge on any atom is 0.573 e. The van der Waals surface area contributed by atoms with Crippen LogP contribution in [0.25, 0.3) is 22.8 Å². The zero-order chi connectivity index (χ0) is 25.4. The number of halogens is 3. The lowest BCUT2D eigenvalue weighted by molar-refractivity contribution is -0.274. The molecule has 3 aromatic rings. The maximum absolute atomic E-state index is 13.4. The monoisotopic (exact) mass is 517 g/mol. The summed E-state index contributed by atoms with van der Waals surface area (Å²) in [6.45, 7) is 6.09. The van der Waals surface area contributed by atoms with Crippen molar-refractivity contribution in [3.8, 4) is 11.4 Å². The molecule has 2 aliphatic rings. The molecule has 2 aromatic carbocycles. The Labute approximate surface area is 208 Å². The molecule has 0 unspecified atom stereocenters. The molecule has 0 atom stereocenters. The number of anilines is 1. The van der Waals surface area contributed by atoms with Crippen LogP contribution in [-0.4, -0.2) is 64.7 Å². The smallest absolute Gasteiger partial charge is 0.403 e. The Balaban J connectivity index is 1.53. The van der Waals surface area contributed by atoms with E-state index in [1.807, 2.05) is 4.90 Å². The normalized spacial score (nSPS) is 18.3. The van der Waals surface area contributed by atoms with Crippen molar-refractivity contribution in [1.29, 1.82) is 0 Å². The van der Waals surface area contributed by atoms with Crippen molar-refractivity contribution >= 4 is 45.7 Å². The summed E-state index contributed by atoms with van der Waals surface area (Å²) in [5.74, 6) is -0.827. The number of rotatable bonds is 5. The predicted octanol–water partition coefficient (Wildman–Crippen LogP) is 4.39. The number of carbonyl (C=O) groups is 2. The predicted molar refractivity (Wildman–Crippen MR) is 131 cm³/mol. The molecule has 2 aliphatic heterocycles. The summed E-state index contributed by atoms with van der Waals surface area (Å²) in [6.07, 6.45) is -1.89. The number of fused-ring (bicyclic) bond motifs is 1. The van der Waals surface area contributed by atoms with Crippen molar-refractivity contribution in [2.45, 2.75) is 13.3 Å². The molecule has 3 heterocycles. The largest absolute Gasteiger partial charge is 0.573 e. The molecule has 5 rings (SSSR count). The first-order valence-corrected chi connectivity index (χ1v) is 12.1. The molecule has 0 radical (unpaired) electrons. The molecular weight excluding hydrogens is 495 g/mol. The summed E-state index contributed by atoms with van der Waals surface area (Å²) in [7, 11) is 0. The van der Waals surface area contributed by atoms with Crippen LogP contribution in [0, 0.1) is 0 Å². The molecule has 0 spiro atoms. The number of benzene rings is 2. The third kappa shape index (κ3) is 5.05. The number of hydrogen-bond donors (Lipinski definition) is 1. The Bertz CT molecular complexity index is 1360. The van der Waals surface area contributed by atoms with Gasteiger partial charge in [-0.05, 0) is 54.2 Å². The number of amides is 2. The number of imide groups is 1. The molecule has 1 N–H and O–H groups in total. The number of carbonyl (C=O) groups excluding carboxylic acids is 2. The molecule has 0 saturated carbocycles. The molecule has 2 saturated heterocycles. The molecule has 2 fully saturated rings. The fraction of sp³-hybridized carbons (Fsp3) is 0.292. The van der Waals surface area contributed by atoms with Gasteiger partial charge in [-0.25, -0.2) is 4.98 Å². The van der Waals surface area contributed by atoms with E-state index in [0.717, 1.165) is 31.4 Å². The van der Waals surface area contributed by atoms with E-state index in [1.54, 1.807) is 36.4 Å². The van der Waals surface area contributed by atoms with E-state index in [-0.39, 0.29) is 16.3 Å². The van der Waals surface area contributed by atoms with Crippen LogP contribution in [0.15, 0.2) is 47.6 Å². The molecule has 0 aliphatic carbocycles. The number of ether oxygens (including phenoxy) is 1. The van der Waals surface area contributed by atoms with Gasteiger partial charge in [0.1, 0.15) is 6.33 Å². The fourth-order valence-electron chi connectivity index (χ4n) is 4.31. The summed E-state index contributed by atoms with van der Waals surface area (Å²) in [5, 5.41) is 1.74. The number of piperazine rings is 1. The molecule has 2 amide bonds. The first-order valence-electron chi connectivity index (χ1n) is 11.3. The molecule has 188 valence electrons. The third-order valence-electron chi connectivity index (χ3n) is 6.12. The van der Waals surface area contributed by atoms with Crippen LogP contribution in [-0.2, 0) is 4.79 Å². The second-order valence-electron chi connectivity index (χ2n) is 8.34. The van der Waals surface area contributed by atoms with Gasteiger partial charge in [0.05, 0.1) is 21.6 Å². The highest BCUT2D eigenvalue weighted by atomic mass is 32.2. The minimum absolute atomic E-state index is 0.179. The highest BCUT2D eigenvalue weighted by molar-refractivity contribution is 8.18. The van der Waals surface area contributed by atoms with Gasteiger partial charge >= 0.3 is 6.36 Å². The Morgan fingerprint density at radius 1 is 1.11 bits per heavy atom. The SMILES string of the molecule is CCN1CCN(c2ccc(-n3cnc4ccc(/C=C5\SC(=O)NC5=O)cc43)c(OC(F)(F)F)c2)CC1. The molecule has 0 bridgehead atoms. The van der Waals surface area contributed by atoms with E-state index >= 15 is 0 Å². The van der Waals surface area contributed by atoms with Gasteiger partial charge in [0.15, 0.2) is 5.75 Å². The van der Waals surface area contributed by atoms with E-state index < -0.39 is 17.5 Å². The van der Waals surface area contributed by atoms with Crippen molar-refractivity contribution in [2.75, 3.05) is 37.6 Å². The Morgan fingerprint density at radius 2 is 1.89 bits per heavy atom. The summed E-state index contributed by atoms with van der Waals surface area (Å²) >= 11 is 0.788. The number of alkyl halides is 3. The number of nitrogens with zero attached hydrogens (tertiary/aromatic N) is 4. The van der Waals surface area contributed by atoms with Crippen molar-refractivity contribution in [3.63, 3.8) is 0 Å². The van der Waals surface area contributed by atoms with Crippen molar-refractivity contribution in [3.05, 3.63) is 53.2 Å². The lowest BCUT2D eigenvalue weighted by Crippen LogP contribution is -2.46. The minimum atomic E-state index is -4.88. The lowest BCUT2D eigenvalue weighted by Gasteiger charge is -2.35. The Hall–Kier alpha value is -3.51. The van der Waals surface area contributed by atoms with E-state index in [9.17, 15) is 22.8 Å². The van der Waals surface area contributed by atoms with E-state index in [1.165, 1.54) is 17.0 Å². The van der Waals surface area contributed by atoms with Crippen LogP contribution in [0.4, 0.5) is 23.7 Å². The standard InChI is InChI=1S/C24H22F3N5O3S/c1-2-30-7-9-31(10-8-30)16-4-6-18(20(13-16)35-24(25,26)27)32-14-28-17-5-3-15(11-19(17)32)12-21-22(33)29-23(34)36-21/h3-6,11-14H,2,7-10H2,1H3,(H,29,33,34)/b21-12-. The molecule has 12 heteroatoms. The number of hydrogen-bond acceptors (Lipinski definition) is 7. The summed E-state index contributed by atoms with van der Waals surface area (Å²) in [5.41, 5.74) is 2.50. The molecular formula is C24H22F3N5O3S. The minimum Gasteiger partial charge on any atom is -0.403 e. The first-order chi connectivity index (χ1) is 17.2. The lowest BCUT2D eigenvalue weighted by atomic mass is 10.1. The van der Waals surface area contributed by atoms with Gasteiger partial charge in [0.25, 0.3) is 11.1 Å². The van der Waals surface area contributed by atoms with Gasteiger partial charge in [-0.15, -0.1) is 13.2 Å². The number of imidazole rings is 1. The van der Waals surface area contributed by atoms with Crippen molar-refractivity contribution in [2.24, 2.45) is 0 Å². The van der Waals surface area contributed by atoms with E-state index in [0.29, 0.717) is 35.4 Å². The zero-order valence-electron chi connectivity index (χ0n) is 19.2. The Morgan fingerprint density at radius 3 is 2.56 bits per heavy atom. The van der Waals surface area contributed by atoms with Crippen LogP contribution < -0.4 is 15.0 Å². The summed E-state index contributed by atoms with van der Waals surface area (Å²) in [4.78, 5) is 32.2. The second-order valence-corrected chi connectivity index (χ2v) is 9.35. The summed E-state index contributed by atoms with van der Waals surface area (Å²) in [6, 6.07) is 9.89. The average molecular weight is 518 g/mol. The average Bonchev–Trinajstić information content (AvgIpc) is 3.39. The van der Waals surface area contributed by atoms with Gasteiger partial charge in [-0.3, -0.25) is 19.5 Å². The highest BCUT2D eigenvalue weighted by Crippen LogP contribution is 2.35. The van der Waals surface area contributed by atoms with Gasteiger partial charge < -0.3 is 14.5 Å². The van der Waals surface area contributed by atoms with Crippen LogP contribution in [0.5, 0.6) is 5.75 Å². The van der Waals surface area contributed by atoms with Crippen LogP contribution >= 0.6 is 11.8 Å². The number of nitrogens with one attached hydrogen (secondary N) is 1. The van der Waals surface area contributed by atoms with Crippen LogP contribution in [0.3, 0.4) is 0 Å². The number of aromatic nitrogens is 2. The van der Waals surface area contributed by atoms with Crippen molar-refractivity contribution < 1.29 is 27.5 Å². The second kappa shape index (κ2) is 9.51. The molecule has 1 aromatic heterocycles. The molecule has 36 heavy (non-hydrogen) atoms. The Kier molecular flexibility index (Phi) is 6.39. The van der Waals surface area contributed by atoms with E-state index in [2.05, 4.69) is 26.9 Å². The van der Waals surface area contributed by atoms with Crippen LogP contribution in [0.2, 0.25) is 0 Å². The fourth-order valence-corrected chi connectivity index (χ4v) is 4.99. The summed E-state index contributed by atoms with van der Waals surface area (Å²) < 4.78 is 46.1. The third-order valence-corrected chi connectivity index (χ3v) is 6.93. The van der Waals surface area contributed by atoms with Gasteiger partial charge in [-0.2, -0.15) is 0 Å². The van der Waals surface area contributed by atoms with Crippen molar-refractivity contribution in [1.82, 2.24) is 19.8 Å². The maximum atomic E-state index is 13.4.